The lowest BCUT2D eigenvalue weighted by Crippen LogP contribution is -2.17. The van der Waals surface area contributed by atoms with E-state index in [-0.39, 0.29) is 5.78 Å². The van der Waals surface area contributed by atoms with Crippen molar-refractivity contribution < 1.29 is 4.79 Å². The summed E-state index contributed by atoms with van der Waals surface area (Å²) in [5.41, 5.74) is 5.79. The number of anilines is 1. The SMILES string of the molecule is Cc1c(CC(=O)c2ccc(N3CCCC3)cc2)cccc1C(C)C. The molecule has 24 heavy (non-hydrogen) atoms. The van der Waals surface area contributed by atoms with Crippen molar-refractivity contribution in [1.29, 1.82) is 0 Å². The highest BCUT2D eigenvalue weighted by Gasteiger charge is 2.14. The fourth-order valence-electron chi connectivity index (χ4n) is 3.63. The molecule has 0 N–H and O–H groups in total. The molecule has 0 aliphatic carbocycles. The lowest BCUT2D eigenvalue weighted by molar-refractivity contribution is 0.0993. The van der Waals surface area contributed by atoms with Gasteiger partial charge < -0.3 is 4.90 Å². The van der Waals surface area contributed by atoms with Crippen LogP contribution in [0.15, 0.2) is 42.5 Å². The highest BCUT2D eigenvalue weighted by atomic mass is 16.1. The summed E-state index contributed by atoms with van der Waals surface area (Å²) >= 11 is 0. The van der Waals surface area contributed by atoms with Crippen LogP contribution in [0.1, 0.15) is 59.7 Å². The topological polar surface area (TPSA) is 20.3 Å². The summed E-state index contributed by atoms with van der Waals surface area (Å²) in [5.74, 6) is 0.687. The Morgan fingerprint density at radius 2 is 1.71 bits per heavy atom. The van der Waals surface area contributed by atoms with E-state index in [0.717, 1.165) is 24.2 Å². The summed E-state index contributed by atoms with van der Waals surface area (Å²) in [7, 11) is 0. The third kappa shape index (κ3) is 3.53. The van der Waals surface area contributed by atoms with Crippen LogP contribution < -0.4 is 4.90 Å². The normalized spacial score (nSPS) is 14.4. The molecule has 1 heterocycles. The molecular weight excluding hydrogens is 294 g/mol. The van der Waals surface area contributed by atoms with Gasteiger partial charge >= 0.3 is 0 Å². The van der Waals surface area contributed by atoms with Gasteiger partial charge in [-0.05, 0) is 66.6 Å². The molecule has 0 spiro atoms. The van der Waals surface area contributed by atoms with E-state index in [1.165, 1.54) is 29.7 Å². The second kappa shape index (κ2) is 7.21. The van der Waals surface area contributed by atoms with Gasteiger partial charge in [-0.1, -0.05) is 32.0 Å². The van der Waals surface area contributed by atoms with Crippen molar-refractivity contribution in [3.63, 3.8) is 0 Å². The van der Waals surface area contributed by atoms with Crippen LogP contribution in [0.2, 0.25) is 0 Å². The number of ketones is 1. The summed E-state index contributed by atoms with van der Waals surface area (Å²) < 4.78 is 0. The summed E-state index contributed by atoms with van der Waals surface area (Å²) in [6.07, 6.45) is 3.02. The fraction of sp³-hybridized carbons (Fsp3) is 0.409. The molecule has 2 heteroatoms. The predicted molar refractivity (Wildman–Crippen MR) is 101 cm³/mol. The Balaban J connectivity index is 1.74. The monoisotopic (exact) mass is 321 g/mol. The first-order valence-corrected chi connectivity index (χ1v) is 9.03. The van der Waals surface area contributed by atoms with E-state index in [1.807, 2.05) is 12.1 Å². The van der Waals surface area contributed by atoms with Gasteiger partial charge in [-0.15, -0.1) is 0 Å². The third-order valence-electron chi connectivity index (χ3n) is 5.12. The summed E-state index contributed by atoms with van der Waals surface area (Å²) in [5, 5.41) is 0. The second-order valence-corrected chi connectivity index (χ2v) is 7.13. The Labute approximate surface area is 145 Å². The van der Waals surface area contributed by atoms with Crippen molar-refractivity contribution >= 4 is 11.5 Å². The predicted octanol–water partition coefficient (Wildman–Crippen LogP) is 5.14. The van der Waals surface area contributed by atoms with Gasteiger partial charge in [0.05, 0.1) is 0 Å². The lowest BCUT2D eigenvalue weighted by Gasteiger charge is -2.17. The Morgan fingerprint density at radius 3 is 2.33 bits per heavy atom. The van der Waals surface area contributed by atoms with Crippen molar-refractivity contribution in [3.05, 3.63) is 64.7 Å². The van der Waals surface area contributed by atoms with Crippen LogP contribution in [0, 0.1) is 6.92 Å². The molecular formula is C22H27NO. The number of carbonyl (C=O) groups is 1. The molecule has 126 valence electrons. The zero-order valence-electron chi connectivity index (χ0n) is 15.0. The molecule has 0 amide bonds. The van der Waals surface area contributed by atoms with Crippen LogP contribution in [0.25, 0.3) is 0 Å². The largest absolute Gasteiger partial charge is 0.372 e. The van der Waals surface area contributed by atoms with E-state index < -0.39 is 0 Å². The van der Waals surface area contributed by atoms with Crippen molar-refractivity contribution in [2.24, 2.45) is 0 Å². The highest BCUT2D eigenvalue weighted by molar-refractivity contribution is 5.98. The van der Waals surface area contributed by atoms with Crippen LogP contribution in [0.5, 0.6) is 0 Å². The van der Waals surface area contributed by atoms with Crippen molar-refractivity contribution in [1.82, 2.24) is 0 Å². The van der Waals surface area contributed by atoms with Gasteiger partial charge in [0.15, 0.2) is 5.78 Å². The zero-order chi connectivity index (χ0) is 17.1. The van der Waals surface area contributed by atoms with Gasteiger partial charge in [0.1, 0.15) is 0 Å². The second-order valence-electron chi connectivity index (χ2n) is 7.13. The minimum Gasteiger partial charge on any atom is -0.372 e. The zero-order valence-corrected chi connectivity index (χ0v) is 15.0. The molecule has 0 unspecified atom stereocenters. The van der Waals surface area contributed by atoms with Gasteiger partial charge in [-0.25, -0.2) is 0 Å². The molecule has 0 aromatic heterocycles. The average Bonchev–Trinajstić information content (AvgIpc) is 3.11. The Morgan fingerprint density at radius 1 is 1.04 bits per heavy atom. The van der Waals surface area contributed by atoms with E-state index in [1.54, 1.807) is 0 Å². The van der Waals surface area contributed by atoms with Crippen LogP contribution in [-0.4, -0.2) is 18.9 Å². The standard InChI is InChI=1S/C22H27NO/c1-16(2)21-8-6-7-19(17(21)3)15-22(24)18-9-11-20(12-10-18)23-13-4-5-14-23/h6-12,16H,4-5,13-15H2,1-3H3. The number of carbonyl (C=O) groups excluding carboxylic acids is 1. The third-order valence-corrected chi connectivity index (χ3v) is 5.12. The molecule has 0 bridgehead atoms. The van der Waals surface area contributed by atoms with E-state index >= 15 is 0 Å². The van der Waals surface area contributed by atoms with Gasteiger partial charge in [0, 0.05) is 30.8 Å². The average molecular weight is 321 g/mol. The molecule has 0 radical (unpaired) electrons. The first-order chi connectivity index (χ1) is 11.6. The fourth-order valence-corrected chi connectivity index (χ4v) is 3.63. The maximum Gasteiger partial charge on any atom is 0.167 e. The smallest absolute Gasteiger partial charge is 0.167 e. The quantitative estimate of drug-likeness (QED) is 0.710. The summed E-state index contributed by atoms with van der Waals surface area (Å²) in [6.45, 7) is 8.80. The number of benzene rings is 2. The van der Waals surface area contributed by atoms with Crippen LogP contribution in [0.4, 0.5) is 5.69 Å². The maximum atomic E-state index is 12.7. The van der Waals surface area contributed by atoms with E-state index in [4.69, 9.17) is 0 Å². The Hall–Kier alpha value is -2.09. The number of Topliss-reactive ketones (excluding diaryl/α,β-unsaturated/α-hetero) is 1. The Kier molecular flexibility index (Phi) is 5.03. The molecule has 0 saturated carbocycles. The molecule has 2 aromatic carbocycles. The molecule has 0 atom stereocenters. The molecule has 1 aliphatic rings. The van der Waals surface area contributed by atoms with Crippen LogP contribution >= 0.6 is 0 Å². The van der Waals surface area contributed by atoms with E-state index in [9.17, 15) is 4.79 Å². The van der Waals surface area contributed by atoms with Gasteiger partial charge in [-0.2, -0.15) is 0 Å². The van der Waals surface area contributed by atoms with Gasteiger partial charge in [-0.3, -0.25) is 4.79 Å². The minimum absolute atomic E-state index is 0.201. The van der Waals surface area contributed by atoms with Gasteiger partial charge in [0.25, 0.3) is 0 Å². The first kappa shape index (κ1) is 16.8. The first-order valence-electron chi connectivity index (χ1n) is 9.03. The molecule has 1 fully saturated rings. The molecule has 1 aliphatic heterocycles. The van der Waals surface area contributed by atoms with Crippen LogP contribution in [-0.2, 0) is 6.42 Å². The highest BCUT2D eigenvalue weighted by Crippen LogP contribution is 2.24. The minimum atomic E-state index is 0.201. The number of hydrogen-bond acceptors (Lipinski definition) is 2. The van der Waals surface area contributed by atoms with Crippen LogP contribution in [0.3, 0.4) is 0 Å². The number of hydrogen-bond donors (Lipinski definition) is 0. The molecule has 1 saturated heterocycles. The molecule has 3 rings (SSSR count). The van der Waals surface area contributed by atoms with Crippen molar-refractivity contribution in [2.45, 2.75) is 46.0 Å². The summed E-state index contributed by atoms with van der Waals surface area (Å²) in [6, 6.07) is 14.5. The van der Waals surface area contributed by atoms with E-state index in [0.29, 0.717) is 12.3 Å². The summed E-state index contributed by atoms with van der Waals surface area (Å²) in [4.78, 5) is 15.1. The number of rotatable bonds is 5. The van der Waals surface area contributed by atoms with Crippen molar-refractivity contribution in [3.8, 4) is 0 Å². The van der Waals surface area contributed by atoms with Gasteiger partial charge in [0.2, 0.25) is 0 Å². The maximum absolute atomic E-state index is 12.7. The number of nitrogens with zero attached hydrogens (tertiary/aromatic N) is 1. The Bertz CT molecular complexity index is 709. The lowest BCUT2D eigenvalue weighted by atomic mass is 9.91. The molecule has 2 nitrogen and oxygen atoms in total. The van der Waals surface area contributed by atoms with Crippen molar-refractivity contribution in [2.75, 3.05) is 18.0 Å². The molecule has 2 aromatic rings. The van der Waals surface area contributed by atoms with E-state index in [2.05, 4.69) is 56.0 Å².